The van der Waals surface area contributed by atoms with Crippen LogP contribution in [0.25, 0.3) is 11.0 Å². The van der Waals surface area contributed by atoms with Gasteiger partial charge in [0, 0.05) is 36.7 Å². The third-order valence-electron chi connectivity index (χ3n) is 4.86. The highest BCUT2D eigenvalue weighted by atomic mass is 16.2. The maximum atomic E-state index is 12.8. The zero-order valence-corrected chi connectivity index (χ0v) is 15.1. The van der Waals surface area contributed by atoms with Crippen LogP contribution in [0, 0.1) is 6.92 Å². The number of para-hydroxylation sites is 1. The van der Waals surface area contributed by atoms with Gasteiger partial charge in [0.25, 0.3) is 11.8 Å². The molecule has 0 bridgehead atoms. The van der Waals surface area contributed by atoms with E-state index in [4.69, 9.17) is 0 Å². The van der Waals surface area contributed by atoms with Crippen molar-refractivity contribution >= 4 is 28.5 Å². The second kappa shape index (κ2) is 7.15. The fraction of sp³-hybridized carbons (Fsp3) is 0.238. The van der Waals surface area contributed by atoms with Gasteiger partial charge >= 0.3 is 0 Å². The molecule has 1 N–H and O–H groups in total. The van der Waals surface area contributed by atoms with Gasteiger partial charge in [-0.15, -0.1) is 0 Å². The molecule has 0 aliphatic carbocycles. The first kappa shape index (κ1) is 17.1. The maximum absolute atomic E-state index is 12.8. The summed E-state index contributed by atoms with van der Waals surface area (Å²) in [4.78, 5) is 35.7. The lowest BCUT2D eigenvalue weighted by molar-refractivity contribution is 0.0792. The Kier molecular flexibility index (Phi) is 4.54. The van der Waals surface area contributed by atoms with E-state index in [1.54, 1.807) is 36.7 Å². The van der Waals surface area contributed by atoms with Crippen molar-refractivity contribution in [3.8, 4) is 0 Å². The van der Waals surface area contributed by atoms with Crippen LogP contribution in [0.15, 0.2) is 48.8 Å². The molecule has 1 fully saturated rings. The summed E-state index contributed by atoms with van der Waals surface area (Å²) in [6, 6.07) is 10.7. The quantitative estimate of drug-likeness (QED) is 0.776. The van der Waals surface area contributed by atoms with Gasteiger partial charge in [0.15, 0.2) is 0 Å². The topological polar surface area (TPSA) is 75.2 Å². The van der Waals surface area contributed by atoms with E-state index in [0.717, 1.165) is 31.5 Å². The molecule has 0 unspecified atom stereocenters. The van der Waals surface area contributed by atoms with E-state index in [9.17, 15) is 9.59 Å². The van der Waals surface area contributed by atoms with Crippen LogP contribution in [-0.4, -0.2) is 39.8 Å². The van der Waals surface area contributed by atoms with Gasteiger partial charge in [0.05, 0.1) is 11.1 Å². The van der Waals surface area contributed by atoms with Gasteiger partial charge in [-0.25, -0.2) is 0 Å². The molecular weight excluding hydrogens is 340 g/mol. The molecule has 6 nitrogen and oxygen atoms in total. The number of hydrogen-bond donors (Lipinski definition) is 1. The first-order chi connectivity index (χ1) is 13.1. The molecule has 2 heterocycles. The zero-order chi connectivity index (χ0) is 18.8. The van der Waals surface area contributed by atoms with Crippen LogP contribution in [0.4, 0.5) is 5.69 Å². The number of hydrogen-bond acceptors (Lipinski definition) is 4. The van der Waals surface area contributed by atoms with Gasteiger partial charge in [0.1, 0.15) is 5.52 Å². The highest BCUT2D eigenvalue weighted by Crippen LogP contribution is 2.21. The van der Waals surface area contributed by atoms with Crippen molar-refractivity contribution in [3.63, 3.8) is 0 Å². The Hall–Kier alpha value is -3.28. The predicted molar refractivity (Wildman–Crippen MR) is 104 cm³/mol. The standard InChI is InChI=1S/C21H20N4O2/c1-14-13-15(21(27)25-11-2-3-12-25)7-8-17(14)24-20(26)16-5-4-6-18-19(16)23-10-9-22-18/h4-10,13H,2-3,11-12H2,1H3,(H,24,26). The molecule has 1 aliphatic rings. The van der Waals surface area contributed by atoms with Crippen LogP contribution in [0.5, 0.6) is 0 Å². The Bertz CT molecular complexity index is 1020. The smallest absolute Gasteiger partial charge is 0.257 e. The van der Waals surface area contributed by atoms with Gasteiger partial charge in [0.2, 0.25) is 0 Å². The second-order valence-corrected chi connectivity index (χ2v) is 6.71. The maximum Gasteiger partial charge on any atom is 0.257 e. The molecule has 0 radical (unpaired) electrons. The van der Waals surface area contributed by atoms with Crippen LogP contribution >= 0.6 is 0 Å². The molecule has 0 saturated carbocycles. The molecule has 2 amide bonds. The van der Waals surface area contributed by atoms with Crippen LogP contribution in [0.1, 0.15) is 39.1 Å². The number of nitrogens with one attached hydrogen (secondary N) is 1. The van der Waals surface area contributed by atoms with Crippen molar-refractivity contribution in [2.75, 3.05) is 18.4 Å². The molecule has 1 aliphatic heterocycles. The minimum Gasteiger partial charge on any atom is -0.339 e. The minimum absolute atomic E-state index is 0.0535. The van der Waals surface area contributed by atoms with E-state index in [1.165, 1.54) is 0 Å². The Labute approximate surface area is 157 Å². The van der Waals surface area contributed by atoms with Gasteiger partial charge in [-0.05, 0) is 55.7 Å². The third-order valence-corrected chi connectivity index (χ3v) is 4.86. The number of amides is 2. The SMILES string of the molecule is Cc1cc(C(=O)N2CCCC2)ccc1NC(=O)c1cccc2nccnc12. The number of aromatic nitrogens is 2. The fourth-order valence-electron chi connectivity index (χ4n) is 3.41. The summed E-state index contributed by atoms with van der Waals surface area (Å²) < 4.78 is 0. The van der Waals surface area contributed by atoms with Crippen LogP contribution < -0.4 is 5.32 Å². The number of nitrogens with zero attached hydrogens (tertiary/aromatic N) is 3. The van der Waals surface area contributed by atoms with Crippen molar-refractivity contribution in [1.29, 1.82) is 0 Å². The summed E-state index contributed by atoms with van der Waals surface area (Å²) in [5, 5.41) is 2.92. The molecule has 0 atom stereocenters. The Morgan fingerprint density at radius 3 is 2.59 bits per heavy atom. The molecule has 1 aromatic heterocycles. The Morgan fingerprint density at radius 1 is 1.04 bits per heavy atom. The molecule has 0 spiro atoms. The van der Waals surface area contributed by atoms with E-state index in [1.807, 2.05) is 24.0 Å². The predicted octanol–water partition coefficient (Wildman–Crippen LogP) is 3.43. The second-order valence-electron chi connectivity index (χ2n) is 6.71. The molecule has 27 heavy (non-hydrogen) atoms. The van der Waals surface area contributed by atoms with Gasteiger partial charge in [-0.2, -0.15) is 0 Å². The number of carbonyl (C=O) groups excluding carboxylic acids is 2. The summed E-state index contributed by atoms with van der Waals surface area (Å²) in [5.74, 6) is -0.194. The average molecular weight is 360 g/mol. The van der Waals surface area contributed by atoms with Gasteiger partial charge < -0.3 is 10.2 Å². The molecule has 3 aromatic rings. The number of carbonyl (C=O) groups is 2. The van der Waals surface area contributed by atoms with Crippen molar-refractivity contribution < 1.29 is 9.59 Å². The zero-order valence-electron chi connectivity index (χ0n) is 15.1. The molecular formula is C21H20N4O2. The van der Waals surface area contributed by atoms with Crippen LogP contribution in [0.3, 0.4) is 0 Å². The summed E-state index contributed by atoms with van der Waals surface area (Å²) in [7, 11) is 0. The van der Waals surface area contributed by atoms with E-state index in [0.29, 0.717) is 27.8 Å². The van der Waals surface area contributed by atoms with E-state index >= 15 is 0 Å². The number of likely N-dealkylation sites (tertiary alicyclic amines) is 1. The molecule has 4 rings (SSSR count). The fourth-order valence-corrected chi connectivity index (χ4v) is 3.41. The van der Waals surface area contributed by atoms with Crippen molar-refractivity contribution in [1.82, 2.24) is 14.9 Å². The highest BCUT2D eigenvalue weighted by molar-refractivity contribution is 6.11. The highest BCUT2D eigenvalue weighted by Gasteiger charge is 2.20. The lowest BCUT2D eigenvalue weighted by atomic mass is 10.1. The van der Waals surface area contributed by atoms with Gasteiger partial charge in [-0.1, -0.05) is 6.07 Å². The number of anilines is 1. The monoisotopic (exact) mass is 360 g/mol. The Morgan fingerprint density at radius 2 is 1.81 bits per heavy atom. The molecule has 2 aromatic carbocycles. The minimum atomic E-state index is -0.247. The molecule has 6 heteroatoms. The average Bonchev–Trinajstić information content (AvgIpc) is 3.23. The van der Waals surface area contributed by atoms with E-state index in [-0.39, 0.29) is 11.8 Å². The van der Waals surface area contributed by atoms with E-state index < -0.39 is 0 Å². The first-order valence-corrected chi connectivity index (χ1v) is 9.04. The Balaban J connectivity index is 1.57. The summed E-state index contributed by atoms with van der Waals surface area (Å²) in [6.07, 6.45) is 5.30. The van der Waals surface area contributed by atoms with Crippen LogP contribution in [0.2, 0.25) is 0 Å². The first-order valence-electron chi connectivity index (χ1n) is 9.04. The number of rotatable bonds is 3. The lowest BCUT2D eigenvalue weighted by Crippen LogP contribution is -2.27. The summed E-state index contributed by atoms with van der Waals surface area (Å²) in [5.41, 5.74) is 3.89. The molecule has 136 valence electrons. The largest absolute Gasteiger partial charge is 0.339 e. The van der Waals surface area contributed by atoms with Gasteiger partial charge in [-0.3, -0.25) is 19.6 Å². The van der Waals surface area contributed by atoms with Crippen molar-refractivity contribution in [3.05, 3.63) is 65.5 Å². The van der Waals surface area contributed by atoms with Crippen LogP contribution in [-0.2, 0) is 0 Å². The normalized spacial score (nSPS) is 13.7. The summed E-state index contributed by atoms with van der Waals surface area (Å²) in [6.45, 7) is 3.52. The van der Waals surface area contributed by atoms with Crippen molar-refractivity contribution in [2.24, 2.45) is 0 Å². The summed E-state index contributed by atoms with van der Waals surface area (Å²) >= 11 is 0. The lowest BCUT2D eigenvalue weighted by Gasteiger charge is -2.16. The third kappa shape index (κ3) is 3.38. The number of benzene rings is 2. The van der Waals surface area contributed by atoms with Crippen molar-refractivity contribution in [2.45, 2.75) is 19.8 Å². The number of aryl methyl sites for hydroxylation is 1. The molecule has 1 saturated heterocycles. The number of fused-ring (bicyclic) bond motifs is 1. The van der Waals surface area contributed by atoms with E-state index in [2.05, 4.69) is 15.3 Å².